The number of nitrogens with one attached hydrogen (secondary N) is 2. The van der Waals surface area contributed by atoms with Gasteiger partial charge in [0, 0.05) is 24.8 Å². The minimum Gasteiger partial charge on any atom is -0.460 e. The summed E-state index contributed by atoms with van der Waals surface area (Å²) in [5.74, 6) is 1.68. The Labute approximate surface area is 141 Å². The number of aliphatic hydroxyl groups is 1. The van der Waals surface area contributed by atoms with Crippen molar-refractivity contribution in [3.05, 3.63) is 65.5 Å². The number of H-pyrrole nitrogens is 1. The van der Waals surface area contributed by atoms with Crippen LogP contribution >= 0.6 is 0 Å². The maximum atomic E-state index is 9.15. The second-order valence-corrected chi connectivity index (χ2v) is 5.89. The van der Waals surface area contributed by atoms with E-state index in [1.807, 2.05) is 43.5 Å². The molecule has 3 aromatic rings. The predicted molar refractivity (Wildman–Crippen MR) is 93.4 cm³/mol. The molecule has 2 aromatic heterocycles. The van der Waals surface area contributed by atoms with Crippen molar-refractivity contribution in [3.8, 4) is 11.5 Å². The SMILES string of the molecule is Cc1ccc(-c2[nH]ncc2CNC(CCCO)c2ccccc2)o1. The molecule has 0 bridgehead atoms. The Kier molecular flexibility index (Phi) is 5.46. The highest BCUT2D eigenvalue weighted by molar-refractivity contribution is 5.56. The summed E-state index contributed by atoms with van der Waals surface area (Å²) in [6.07, 6.45) is 3.48. The highest BCUT2D eigenvalue weighted by Crippen LogP contribution is 2.25. The lowest BCUT2D eigenvalue weighted by Crippen LogP contribution is -2.21. The molecule has 0 amide bonds. The quantitative estimate of drug-likeness (QED) is 0.592. The maximum Gasteiger partial charge on any atom is 0.152 e. The Balaban J connectivity index is 1.72. The standard InChI is InChI=1S/C19H23N3O2/c1-14-9-10-18(24-14)19-16(13-21-22-19)12-20-17(8-5-11-23)15-6-3-2-4-7-15/h2-4,6-7,9-10,13,17,20,23H,5,8,11-12H2,1H3,(H,21,22). The van der Waals surface area contributed by atoms with Gasteiger partial charge >= 0.3 is 0 Å². The Morgan fingerprint density at radius 2 is 2.04 bits per heavy atom. The van der Waals surface area contributed by atoms with Crippen molar-refractivity contribution in [2.45, 2.75) is 32.4 Å². The van der Waals surface area contributed by atoms with Gasteiger partial charge in [0.1, 0.15) is 11.5 Å². The van der Waals surface area contributed by atoms with Crippen LogP contribution in [0.2, 0.25) is 0 Å². The highest BCUT2D eigenvalue weighted by Gasteiger charge is 2.14. The molecule has 3 N–H and O–H groups in total. The molecular weight excluding hydrogens is 302 g/mol. The second-order valence-electron chi connectivity index (χ2n) is 5.89. The first kappa shape index (κ1) is 16.5. The van der Waals surface area contributed by atoms with Crippen molar-refractivity contribution in [3.63, 3.8) is 0 Å². The molecular formula is C19H23N3O2. The number of aromatic nitrogens is 2. The van der Waals surface area contributed by atoms with Gasteiger partial charge in [0.25, 0.3) is 0 Å². The predicted octanol–water partition coefficient (Wildman–Crippen LogP) is 3.58. The van der Waals surface area contributed by atoms with E-state index in [1.165, 1.54) is 5.56 Å². The van der Waals surface area contributed by atoms with E-state index in [1.54, 1.807) is 0 Å². The molecule has 5 nitrogen and oxygen atoms in total. The highest BCUT2D eigenvalue weighted by atomic mass is 16.3. The van der Waals surface area contributed by atoms with Gasteiger partial charge in [0.2, 0.25) is 0 Å². The molecule has 24 heavy (non-hydrogen) atoms. The van der Waals surface area contributed by atoms with Crippen molar-refractivity contribution in [1.82, 2.24) is 15.5 Å². The molecule has 0 spiro atoms. The second kappa shape index (κ2) is 7.95. The average Bonchev–Trinajstić information content (AvgIpc) is 3.24. The lowest BCUT2D eigenvalue weighted by Gasteiger charge is -2.19. The van der Waals surface area contributed by atoms with Crippen LogP contribution < -0.4 is 5.32 Å². The molecule has 0 radical (unpaired) electrons. The summed E-state index contributed by atoms with van der Waals surface area (Å²) in [6.45, 7) is 2.81. The molecule has 0 saturated heterocycles. The third-order valence-electron chi connectivity index (χ3n) is 4.10. The van der Waals surface area contributed by atoms with E-state index < -0.39 is 0 Å². The molecule has 1 unspecified atom stereocenters. The zero-order chi connectivity index (χ0) is 16.8. The summed E-state index contributed by atoms with van der Waals surface area (Å²) in [6, 6.07) is 14.4. The molecule has 0 aliphatic carbocycles. The number of aliphatic hydroxyl groups excluding tert-OH is 1. The van der Waals surface area contributed by atoms with Gasteiger partial charge in [0.05, 0.1) is 6.20 Å². The Hall–Kier alpha value is -2.37. The molecule has 0 fully saturated rings. The topological polar surface area (TPSA) is 74.1 Å². The molecule has 2 heterocycles. The van der Waals surface area contributed by atoms with Gasteiger partial charge in [-0.25, -0.2) is 0 Å². The van der Waals surface area contributed by atoms with E-state index in [0.29, 0.717) is 6.54 Å². The van der Waals surface area contributed by atoms with E-state index in [4.69, 9.17) is 9.52 Å². The van der Waals surface area contributed by atoms with Gasteiger partial charge in [-0.2, -0.15) is 5.10 Å². The van der Waals surface area contributed by atoms with E-state index in [0.717, 1.165) is 35.6 Å². The molecule has 126 valence electrons. The molecule has 1 aromatic carbocycles. The van der Waals surface area contributed by atoms with E-state index in [9.17, 15) is 0 Å². The third-order valence-corrected chi connectivity index (χ3v) is 4.10. The molecule has 3 rings (SSSR count). The monoisotopic (exact) mass is 325 g/mol. The first-order valence-corrected chi connectivity index (χ1v) is 8.26. The lowest BCUT2D eigenvalue weighted by molar-refractivity contribution is 0.275. The van der Waals surface area contributed by atoms with Crippen LogP contribution in [0.3, 0.4) is 0 Å². The van der Waals surface area contributed by atoms with Crippen LogP contribution in [0.15, 0.2) is 53.1 Å². The molecule has 0 saturated carbocycles. The Morgan fingerprint density at radius 1 is 1.21 bits per heavy atom. The van der Waals surface area contributed by atoms with Crippen LogP contribution in [-0.4, -0.2) is 21.9 Å². The number of nitrogens with zero attached hydrogens (tertiary/aromatic N) is 1. The summed E-state index contributed by atoms with van der Waals surface area (Å²) in [5, 5.41) is 19.9. The number of hydrogen-bond acceptors (Lipinski definition) is 4. The number of hydrogen-bond donors (Lipinski definition) is 3. The minimum atomic E-state index is 0.194. The average molecular weight is 325 g/mol. The van der Waals surface area contributed by atoms with Crippen LogP contribution in [0, 0.1) is 6.92 Å². The van der Waals surface area contributed by atoms with E-state index in [2.05, 4.69) is 27.6 Å². The number of aryl methyl sites for hydroxylation is 1. The van der Waals surface area contributed by atoms with Crippen molar-refractivity contribution >= 4 is 0 Å². The van der Waals surface area contributed by atoms with Crippen molar-refractivity contribution in [2.24, 2.45) is 0 Å². The number of aromatic amines is 1. The van der Waals surface area contributed by atoms with Crippen molar-refractivity contribution in [2.75, 3.05) is 6.61 Å². The zero-order valence-corrected chi connectivity index (χ0v) is 13.8. The van der Waals surface area contributed by atoms with Crippen LogP contribution in [0.25, 0.3) is 11.5 Å². The first-order valence-electron chi connectivity index (χ1n) is 8.26. The van der Waals surface area contributed by atoms with E-state index in [-0.39, 0.29) is 12.6 Å². The van der Waals surface area contributed by atoms with Crippen LogP contribution in [0.5, 0.6) is 0 Å². The summed E-state index contributed by atoms with van der Waals surface area (Å²) >= 11 is 0. The molecule has 0 aliphatic heterocycles. The van der Waals surface area contributed by atoms with Crippen LogP contribution in [0.4, 0.5) is 0 Å². The van der Waals surface area contributed by atoms with Gasteiger partial charge in [-0.3, -0.25) is 5.10 Å². The summed E-state index contributed by atoms with van der Waals surface area (Å²) in [7, 11) is 0. The fraction of sp³-hybridized carbons (Fsp3) is 0.316. The van der Waals surface area contributed by atoms with Gasteiger partial charge in [-0.15, -0.1) is 0 Å². The minimum absolute atomic E-state index is 0.194. The van der Waals surface area contributed by atoms with E-state index >= 15 is 0 Å². The smallest absolute Gasteiger partial charge is 0.152 e. The van der Waals surface area contributed by atoms with Crippen molar-refractivity contribution in [1.29, 1.82) is 0 Å². The van der Waals surface area contributed by atoms with Crippen LogP contribution in [0.1, 0.15) is 35.8 Å². The van der Waals surface area contributed by atoms with Gasteiger partial charge in [0.15, 0.2) is 5.76 Å². The molecule has 5 heteroatoms. The van der Waals surface area contributed by atoms with Gasteiger partial charge in [-0.05, 0) is 37.5 Å². The van der Waals surface area contributed by atoms with Gasteiger partial charge < -0.3 is 14.8 Å². The lowest BCUT2D eigenvalue weighted by atomic mass is 10.0. The number of rotatable bonds is 8. The first-order chi connectivity index (χ1) is 11.8. The van der Waals surface area contributed by atoms with Crippen molar-refractivity contribution < 1.29 is 9.52 Å². The summed E-state index contributed by atoms with van der Waals surface area (Å²) in [4.78, 5) is 0. The Morgan fingerprint density at radius 3 is 2.75 bits per heavy atom. The molecule has 1 atom stereocenters. The van der Waals surface area contributed by atoms with Crippen LogP contribution in [-0.2, 0) is 6.54 Å². The fourth-order valence-electron chi connectivity index (χ4n) is 2.83. The normalized spacial score (nSPS) is 12.4. The summed E-state index contributed by atoms with van der Waals surface area (Å²) in [5.41, 5.74) is 3.20. The largest absolute Gasteiger partial charge is 0.460 e. The number of benzene rings is 1. The maximum absolute atomic E-state index is 9.15. The Bertz CT molecular complexity index is 749. The summed E-state index contributed by atoms with van der Waals surface area (Å²) < 4.78 is 5.69. The molecule has 0 aliphatic rings. The zero-order valence-electron chi connectivity index (χ0n) is 13.8. The van der Waals surface area contributed by atoms with Gasteiger partial charge in [-0.1, -0.05) is 30.3 Å². The third kappa shape index (κ3) is 3.93. The fourth-order valence-corrected chi connectivity index (χ4v) is 2.83. The number of furan rings is 1.